The number of hydrogen-bond acceptors (Lipinski definition) is 3. The maximum absolute atomic E-state index is 11.2. The molecular weight excluding hydrogens is 214 g/mol. The number of carbonyl (C=O) groups excluding carboxylic acids is 1. The summed E-state index contributed by atoms with van der Waals surface area (Å²) >= 11 is 0. The molecule has 2 rings (SSSR count). The molecule has 0 aromatic heterocycles. The largest absolute Gasteiger partial charge is 0.340 e. The first kappa shape index (κ1) is 12.8. The zero-order valence-electron chi connectivity index (χ0n) is 11.0. The van der Waals surface area contributed by atoms with E-state index in [0.29, 0.717) is 0 Å². The zero-order chi connectivity index (χ0) is 12.1. The van der Waals surface area contributed by atoms with Crippen molar-refractivity contribution in [2.75, 3.05) is 52.4 Å². The second-order valence-electron chi connectivity index (χ2n) is 5.25. The fraction of sp³-hybridized carbons (Fsp3) is 0.923. The van der Waals surface area contributed by atoms with Gasteiger partial charge in [-0.15, -0.1) is 0 Å². The minimum absolute atomic E-state index is 0.223. The molecule has 0 aliphatic carbocycles. The summed E-state index contributed by atoms with van der Waals surface area (Å²) in [5.74, 6) is 0.223. The van der Waals surface area contributed by atoms with Crippen LogP contribution in [-0.4, -0.2) is 73.0 Å². The molecule has 2 aliphatic rings. The van der Waals surface area contributed by atoms with Crippen LogP contribution in [0.4, 0.5) is 0 Å². The Kier molecular flexibility index (Phi) is 4.80. The molecule has 2 heterocycles. The minimum atomic E-state index is 0.223. The van der Waals surface area contributed by atoms with Crippen molar-refractivity contribution in [3.05, 3.63) is 0 Å². The van der Waals surface area contributed by atoms with Gasteiger partial charge in [-0.05, 0) is 25.9 Å². The van der Waals surface area contributed by atoms with Crippen molar-refractivity contribution in [1.29, 1.82) is 0 Å². The van der Waals surface area contributed by atoms with Gasteiger partial charge in [0.1, 0.15) is 0 Å². The molecule has 2 saturated heterocycles. The number of piperidine rings is 1. The van der Waals surface area contributed by atoms with E-state index < -0.39 is 0 Å². The maximum atomic E-state index is 11.2. The summed E-state index contributed by atoms with van der Waals surface area (Å²) in [6.07, 6.45) is 4.16. The van der Waals surface area contributed by atoms with Crippen LogP contribution in [0.15, 0.2) is 0 Å². The Morgan fingerprint density at radius 2 is 1.35 bits per heavy atom. The van der Waals surface area contributed by atoms with Crippen molar-refractivity contribution in [2.45, 2.75) is 26.2 Å². The molecule has 0 spiro atoms. The van der Waals surface area contributed by atoms with E-state index in [1.54, 1.807) is 6.92 Å². The molecule has 0 saturated carbocycles. The monoisotopic (exact) mass is 239 g/mol. The molecule has 2 fully saturated rings. The second kappa shape index (κ2) is 6.36. The summed E-state index contributed by atoms with van der Waals surface area (Å²) in [5.41, 5.74) is 0. The van der Waals surface area contributed by atoms with Crippen LogP contribution in [0.25, 0.3) is 0 Å². The lowest BCUT2D eigenvalue weighted by Gasteiger charge is -2.36. The molecule has 98 valence electrons. The van der Waals surface area contributed by atoms with Crippen molar-refractivity contribution in [2.24, 2.45) is 0 Å². The molecule has 0 aromatic carbocycles. The molecule has 0 unspecified atom stereocenters. The molecule has 0 radical (unpaired) electrons. The normalized spacial score (nSPS) is 23.9. The number of piperazine rings is 1. The Bertz CT molecular complexity index is 243. The highest BCUT2D eigenvalue weighted by molar-refractivity contribution is 5.73. The number of hydrogen-bond donors (Lipinski definition) is 0. The van der Waals surface area contributed by atoms with Gasteiger partial charge in [0, 0.05) is 46.2 Å². The molecule has 0 aromatic rings. The fourth-order valence-electron chi connectivity index (χ4n) is 2.75. The Balaban J connectivity index is 1.62. The molecule has 0 atom stereocenters. The highest BCUT2D eigenvalue weighted by Gasteiger charge is 2.19. The van der Waals surface area contributed by atoms with Crippen LogP contribution in [0.1, 0.15) is 26.2 Å². The molecule has 2 aliphatic heterocycles. The lowest BCUT2D eigenvalue weighted by molar-refractivity contribution is -0.130. The smallest absolute Gasteiger partial charge is 0.219 e. The van der Waals surface area contributed by atoms with Crippen molar-refractivity contribution in [3.63, 3.8) is 0 Å². The maximum Gasteiger partial charge on any atom is 0.219 e. The molecular formula is C13H25N3O. The van der Waals surface area contributed by atoms with E-state index in [4.69, 9.17) is 0 Å². The van der Waals surface area contributed by atoms with Crippen molar-refractivity contribution in [3.8, 4) is 0 Å². The fourth-order valence-corrected chi connectivity index (χ4v) is 2.75. The first-order chi connectivity index (χ1) is 8.25. The molecule has 4 heteroatoms. The quantitative estimate of drug-likeness (QED) is 0.723. The summed E-state index contributed by atoms with van der Waals surface area (Å²) < 4.78 is 0. The van der Waals surface area contributed by atoms with E-state index in [0.717, 1.165) is 26.2 Å². The lowest BCUT2D eigenvalue weighted by Crippen LogP contribution is -2.50. The van der Waals surface area contributed by atoms with Gasteiger partial charge in [-0.2, -0.15) is 0 Å². The summed E-state index contributed by atoms with van der Waals surface area (Å²) in [5, 5.41) is 0. The summed E-state index contributed by atoms with van der Waals surface area (Å²) in [6, 6.07) is 0. The summed E-state index contributed by atoms with van der Waals surface area (Å²) in [6.45, 7) is 10.5. The number of amides is 1. The van der Waals surface area contributed by atoms with Gasteiger partial charge in [-0.1, -0.05) is 6.42 Å². The average Bonchev–Trinajstić information content (AvgIpc) is 2.38. The number of nitrogens with zero attached hydrogens (tertiary/aromatic N) is 3. The van der Waals surface area contributed by atoms with Gasteiger partial charge < -0.3 is 9.80 Å². The van der Waals surface area contributed by atoms with Crippen LogP contribution in [0.5, 0.6) is 0 Å². The van der Waals surface area contributed by atoms with Crippen molar-refractivity contribution < 1.29 is 4.79 Å². The van der Waals surface area contributed by atoms with Crippen molar-refractivity contribution >= 4 is 5.91 Å². The van der Waals surface area contributed by atoms with Gasteiger partial charge in [-0.25, -0.2) is 0 Å². The van der Waals surface area contributed by atoms with Gasteiger partial charge in [0.15, 0.2) is 0 Å². The van der Waals surface area contributed by atoms with E-state index in [2.05, 4.69) is 9.80 Å². The third-order valence-electron chi connectivity index (χ3n) is 4.00. The topological polar surface area (TPSA) is 26.8 Å². The van der Waals surface area contributed by atoms with E-state index in [1.807, 2.05) is 4.90 Å². The predicted octanol–water partition coefficient (Wildman–Crippen LogP) is 0.636. The van der Waals surface area contributed by atoms with Crippen LogP contribution in [0.2, 0.25) is 0 Å². The van der Waals surface area contributed by atoms with Crippen LogP contribution in [0.3, 0.4) is 0 Å². The second-order valence-corrected chi connectivity index (χ2v) is 5.25. The molecule has 0 bridgehead atoms. The highest BCUT2D eigenvalue weighted by Crippen LogP contribution is 2.09. The molecule has 1 amide bonds. The first-order valence-electron chi connectivity index (χ1n) is 6.96. The van der Waals surface area contributed by atoms with Gasteiger partial charge in [0.05, 0.1) is 0 Å². The summed E-state index contributed by atoms with van der Waals surface area (Å²) in [7, 11) is 0. The molecule has 0 N–H and O–H groups in total. The third kappa shape index (κ3) is 3.96. The molecule has 17 heavy (non-hydrogen) atoms. The SMILES string of the molecule is CC(=O)N1CCN(CCN2CCCCC2)CC1. The minimum Gasteiger partial charge on any atom is -0.340 e. The summed E-state index contributed by atoms with van der Waals surface area (Å²) in [4.78, 5) is 18.2. The van der Waals surface area contributed by atoms with Crippen LogP contribution >= 0.6 is 0 Å². The van der Waals surface area contributed by atoms with Crippen molar-refractivity contribution in [1.82, 2.24) is 14.7 Å². The predicted molar refractivity (Wildman–Crippen MR) is 69.0 cm³/mol. The van der Waals surface area contributed by atoms with E-state index >= 15 is 0 Å². The van der Waals surface area contributed by atoms with E-state index in [9.17, 15) is 4.79 Å². The zero-order valence-corrected chi connectivity index (χ0v) is 11.0. The van der Waals surface area contributed by atoms with Gasteiger partial charge in [-0.3, -0.25) is 9.69 Å². The van der Waals surface area contributed by atoms with Crippen LogP contribution in [0, 0.1) is 0 Å². The number of carbonyl (C=O) groups is 1. The Morgan fingerprint density at radius 1 is 0.824 bits per heavy atom. The van der Waals surface area contributed by atoms with E-state index in [-0.39, 0.29) is 5.91 Å². The van der Waals surface area contributed by atoms with Crippen LogP contribution < -0.4 is 0 Å². The Hall–Kier alpha value is -0.610. The average molecular weight is 239 g/mol. The Morgan fingerprint density at radius 3 is 1.88 bits per heavy atom. The van der Waals surface area contributed by atoms with Crippen LogP contribution in [-0.2, 0) is 4.79 Å². The standard InChI is InChI=1S/C13H25N3O/c1-13(17)16-11-9-15(10-12-16)8-7-14-5-3-2-4-6-14/h2-12H2,1H3. The number of likely N-dealkylation sites (tertiary alicyclic amines) is 1. The van der Waals surface area contributed by atoms with Gasteiger partial charge >= 0.3 is 0 Å². The van der Waals surface area contributed by atoms with Gasteiger partial charge in [0.2, 0.25) is 5.91 Å². The van der Waals surface area contributed by atoms with Gasteiger partial charge in [0.25, 0.3) is 0 Å². The molecule has 4 nitrogen and oxygen atoms in total. The highest BCUT2D eigenvalue weighted by atomic mass is 16.2. The van der Waals surface area contributed by atoms with E-state index in [1.165, 1.54) is 45.4 Å². The first-order valence-corrected chi connectivity index (χ1v) is 6.96. The Labute approximate surface area is 105 Å². The lowest BCUT2D eigenvalue weighted by atomic mass is 10.1. The third-order valence-corrected chi connectivity index (χ3v) is 4.00. The number of rotatable bonds is 3.